The second-order valence-electron chi connectivity index (χ2n) is 7.89. The fourth-order valence-electron chi connectivity index (χ4n) is 3.72. The van der Waals surface area contributed by atoms with E-state index in [0.717, 1.165) is 16.1 Å². The molecule has 1 heterocycles. The summed E-state index contributed by atoms with van der Waals surface area (Å²) in [4.78, 5) is 25.8. The fourth-order valence-corrected chi connectivity index (χ4v) is 4.63. The molecule has 0 spiro atoms. The van der Waals surface area contributed by atoms with E-state index in [-0.39, 0.29) is 12.5 Å². The number of carbonyl (C=O) groups is 2. The third-order valence-electron chi connectivity index (χ3n) is 5.40. The van der Waals surface area contributed by atoms with E-state index in [2.05, 4.69) is 10.6 Å². The lowest BCUT2D eigenvalue weighted by Gasteiger charge is -2.33. The van der Waals surface area contributed by atoms with Crippen molar-refractivity contribution in [2.75, 3.05) is 29.0 Å². The van der Waals surface area contributed by atoms with E-state index >= 15 is 0 Å². The Morgan fingerprint density at radius 3 is 2.41 bits per heavy atom. The Labute approximate surface area is 198 Å². The molecule has 0 radical (unpaired) electrons. The zero-order chi connectivity index (χ0) is 24.1. The van der Waals surface area contributed by atoms with Crippen molar-refractivity contribution in [3.8, 4) is 5.75 Å². The molecule has 0 saturated carbocycles. The third-order valence-corrected chi connectivity index (χ3v) is 6.55. The molecular formula is C25H25N3O5S. The Hall–Kier alpha value is -3.85. The summed E-state index contributed by atoms with van der Waals surface area (Å²) in [7, 11) is -3.62. The predicted molar refractivity (Wildman–Crippen MR) is 131 cm³/mol. The van der Waals surface area contributed by atoms with Gasteiger partial charge in [-0.25, -0.2) is 8.42 Å². The van der Waals surface area contributed by atoms with E-state index in [0.29, 0.717) is 35.7 Å². The average Bonchev–Trinajstić information content (AvgIpc) is 2.83. The van der Waals surface area contributed by atoms with Crippen LogP contribution >= 0.6 is 0 Å². The highest BCUT2D eigenvalue weighted by Gasteiger charge is 2.35. The molecule has 0 aliphatic carbocycles. The number of para-hydroxylation sites is 3. The van der Waals surface area contributed by atoms with Gasteiger partial charge >= 0.3 is 0 Å². The van der Waals surface area contributed by atoms with Crippen LogP contribution in [0.3, 0.4) is 0 Å². The second-order valence-corrected chi connectivity index (χ2v) is 9.80. The predicted octanol–water partition coefficient (Wildman–Crippen LogP) is 2.82. The summed E-state index contributed by atoms with van der Waals surface area (Å²) >= 11 is 0. The Balaban J connectivity index is 1.46. The summed E-state index contributed by atoms with van der Waals surface area (Å²) in [6, 6.07) is 23.1. The molecule has 1 atom stereocenters. The number of fused-ring (bicyclic) bond motifs is 1. The number of nitrogens with one attached hydrogen (secondary N) is 2. The second kappa shape index (κ2) is 9.96. The summed E-state index contributed by atoms with van der Waals surface area (Å²) in [5.74, 6) is -0.571. The minimum atomic E-state index is -3.62. The van der Waals surface area contributed by atoms with Crippen molar-refractivity contribution in [3.63, 3.8) is 0 Å². The van der Waals surface area contributed by atoms with Crippen LogP contribution in [0.25, 0.3) is 0 Å². The molecule has 0 unspecified atom stereocenters. The molecule has 0 bridgehead atoms. The minimum Gasteiger partial charge on any atom is -0.476 e. The standard InChI is InChI=1S/C25H25N3O5S/c1-34(31,32)28-17-23(33-22-14-8-7-13-21(22)28)25(30)27-20-12-6-5-11-19(20)24(29)26-16-15-18-9-3-2-4-10-18/h2-14,23H,15-17H2,1H3,(H,26,29)(H,27,30)/t23-/m0/s1. The van der Waals surface area contributed by atoms with Gasteiger partial charge in [0.05, 0.1) is 29.7 Å². The number of ether oxygens (including phenoxy) is 1. The van der Waals surface area contributed by atoms with E-state index in [1.807, 2.05) is 30.3 Å². The van der Waals surface area contributed by atoms with Crippen LogP contribution in [-0.2, 0) is 21.2 Å². The van der Waals surface area contributed by atoms with Gasteiger partial charge in [0.25, 0.3) is 11.8 Å². The molecule has 3 aromatic rings. The first-order chi connectivity index (χ1) is 16.3. The molecule has 0 fully saturated rings. The molecule has 0 aromatic heterocycles. The lowest BCUT2D eigenvalue weighted by Crippen LogP contribution is -2.48. The summed E-state index contributed by atoms with van der Waals surface area (Å²) in [5.41, 5.74) is 2.11. The van der Waals surface area contributed by atoms with Gasteiger partial charge in [0, 0.05) is 6.54 Å². The summed E-state index contributed by atoms with van der Waals surface area (Å²) < 4.78 is 31.6. The van der Waals surface area contributed by atoms with Gasteiger partial charge in [-0.15, -0.1) is 0 Å². The molecule has 2 amide bonds. The molecule has 0 saturated heterocycles. The van der Waals surface area contributed by atoms with Crippen molar-refractivity contribution in [2.45, 2.75) is 12.5 Å². The summed E-state index contributed by atoms with van der Waals surface area (Å²) in [6.45, 7) is 0.268. The highest BCUT2D eigenvalue weighted by Crippen LogP contribution is 2.34. The van der Waals surface area contributed by atoms with Gasteiger partial charge in [0.1, 0.15) is 5.75 Å². The molecule has 34 heavy (non-hydrogen) atoms. The van der Waals surface area contributed by atoms with Crippen molar-refractivity contribution < 1.29 is 22.7 Å². The van der Waals surface area contributed by atoms with Gasteiger partial charge in [-0.2, -0.15) is 0 Å². The van der Waals surface area contributed by atoms with E-state index in [4.69, 9.17) is 4.74 Å². The monoisotopic (exact) mass is 479 g/mol. The Kier molecular flexibility index (Phi) is 6.83. The number of amides is 2. The molecule has 3 aromatic carbocycles. The fraction of sp³-hybridized carbons (Fsp3) is 0.200. The SMILES string of the molecule is CS(=O)(=O)N1C[C@@H](C(=O)Nc2ccccc2C(=O)NCCc2ccccc2)Oc2ccccc21. The number of rotatable bonds is 7. The largest absolute Gasteiger partial charge is 0.476 e. The number of hydrogen-bond acceptors (Lipinski definition) is 5. The van der Waals surface area contributed by atoms with Crippen LogP contribution in [0.2, 0.25) is 0 Å². The van der Waals surface area contributed by atoms with Gasteiger partial charge in [-0.3, -0.25) is 13.9 Å². The van der Waals surface area contributed by atoms with Crippen molar-refractivity contribution in [1.82, 2.24) is 5.32 Å². The summed E-state index contributed by atoms with van der Waals surface area (Å²) in [5, 5.41) is 5.60. The van der Waals surface area contributed by atoms with E-state index in [1.54, 1.807) is 48.5 Å². The maximum atomic E-state index is 13.0. The number of sulfonamides is 1. The first-order valence-corrected chi connectivity index (χ1v) is 12.6. The molecule has 1 aliphatic heterocycles. The van der Waals surface area contributed by atoms with E-state index in [1.165, 1.54) is 0 Å². The number of nitrogens with zero attached hydrogens (tertiary/aromatic N) is 1. The Morgan fingerprint density at radius 2 is 1.65 bits per heavy atom. The molecule has 1 aliphatic rings. The molecule has 9 heteroatoms. The highest BCUT2D eigenvalue weighted by atomic mass is 32.2. The summed E-state index contributed by atoms with van der Waals surface area (Å²) in [6.07, 6.45) is 0.676. The van der Waals surface area contributed by atoms with Crippen LogP contribution in [0, 0.1) is 0 Å². The van der Waals surface area contributed by atoms with Crippen LogP contribution in [0.15, 0.2) is 78.9 Å². The van der Waals surface area contributed by atoms with E-state index in [9.17, 15) is 18.0 Å². The van der Waals surface area contributed by atoms with Crippen molar-refractivity contribution in [3.05, 3.63) is 90.0 Å². The zero-order valence-electron chi connectivity index (χ0n) is 18.6. The van der Waals surface area contributed by atoms with Gasteiger partial charge in [0.2, 0.25) is 10.0 Å². The van der Waals surface area contributed by atoms with Gasteiger partial charge in [-0.1, -0.05) is 54.6 Å². The lowest BCUT2D eigenvalue weighted by atomic mass is 10.1. The number of anilines is 2. The molecule has 2 N–H and O–H groups in total. The van der Waals surface area contributed by atoms with Crippen LogP contribution in [0.1, 0.15) is 15.9 Å². The van der Waals surface area contributed by atoms with Crippen molar-refractivity contribution in [1.29, 1.82) is 0 Å². The normalized spacial score (nSPS) is 15.1. The molecular weight excluding hydrogens is 454 g/mol. The minimum absolute atomic E-state index is 0.173. The molecule has 176 valence electrons. The maximum Gasteiger partial charge on any atom is 0.267 e. The van der Waals surface area contributed by atoms with Gasteiger partial charge < -0.3 is 15.4 Å². The first-order valence-electron chi connectivity index (χ1n) is 10.8. The quantitative estimate of drug-likeness (QED) is 0.542. The molecule has 8 nitrogen and oxygen atoms in total. The zero-order valence-corrected chi connectivity index (χ0v) is 19.4. The first kappa shape index (κ1) is 23.3. The Morgan fingerprint density at radius 1 is 0.971 bits per heavy atom. The number of carbonyl (C=O) groups excluding carboxylic acids is 2. The van der Waals surface area contributed by atoms with Gasteiger partial charge in [0.15, 0.2) is 6.10 Å². The van der Waals surface area contributed by atoms with E-state index < -0.39 is 22.0 Å². The van der Waals surface area contributed by atoms with Crippen LogP contribution in [-0.4, -0.2) is 45.7 Å². The molecule has 4 rings (SSSR count). The van der Waals surface area contributed by atoms with Crippen LogP contribution < -0.4 is 19.7 Å². The topological polar surface area (TPSA) is 105 Å². The van der Waals surface area contributed by atoms with Crippen molar-refractivity contribution >= 4 is 33.2 Å². The lowest BCUT2D eigenvalue weighted by molar-refractivity contribution is -0.122. The Bertz CT molecular complexity index is 1290. The van der Waals surface area contributed by atoms with Gasteiger partial charge in [-0.05, 0) is 36.2 Å². The highest BCUT2D eigenvalue weighted by molar-refractivity contribution is 7.92. The van der Waals surface area contributed by atoms with Crippen LogP contribution in [0.4, 0.5) is 11.4 Å². The van der Waals surface area contributed by atoms with Crippen molar-refractivity contribution in [2.24, 2.45) is 0 Å². The maximum absolute atomic E-state index is 13.0. The third kappa shape index (κ3) is 5.37. The van der Waals surface area contributed by atoms with Crippen LogP contribution in [0.5, 0.6) is 5.75 Å². The smallest absolute Gasteiger partial charge is 0.267 e. The average molecular weight is 480 g/mol. The number of hydrogen-bond donors (Lipinski definition) is 2. The number of benzene rings is 3.